The Labute approximate surface area is 103 Å². The second-order valence-corrected chi connectivity index (χ2v) is 4.09. The van der Waals surface area contributed by atoms with Gasteiger partial charge in [-0.1, -0.05) is 0 Å². The number of anilines is 1. The Morgan fingerprint density at radius 2 is 2.11 bits per heavy atom. The van der Waals surface area contributed by atoms with Crippen molar-refractivity contribution in [1.29, 1.82) is 0 Å². The van der Waals surface area contributed by atoms with E-state index in [-0.39, 0.29) is 5.69 Å². The van der Waals surface area contributed by atoms with E-state index in [2.05, 4.69) is 5.32 Å². The molecule has 0 spiro atoms. The van der Waals surface area contributed by atoms with Crippen molar-refractivity contribution < 1.29 is 18.8 Å². The predicted molar refractivity (Wildman–Crippen MR) is 62.8 cm³/mol. The number of nitro benzene ring substituents is 1. The summed E-state index contributed by atoms with van der Waals surface area (Å²) >= 11 is 0. The Balaban J connectivity index is 2.91. The highest BCUT2D eigenvalue weighted by atomic mass is 19.1. The second kappa shape index (κ2) is 5.09. The van der Waals surface area contributed by atoms with Crippen molar-refractivity contribution in [2.75, 3.05) is 12.4 Å². The number of nitrogens with zero attached hydrogens (tertiary/aromatic N) is 1. The van der Waals surface area contributed by atoms with E-state index in [1.165, 1.54) is 13.2 Å². The third kappa shape index (κ3) is 3.01. The molecule has 0 saturated carbocycles. The number of carbonyl (C=O) groups is 1. The summed E-state index contributed by atoms with van der Waals surface area (Å²) in [6.45, 7) is 3.09. The number of ether oxygens (including phenoxy) is 1. The van der Waals surface area contributed by atoms with Crippen molar-refractivity contribution in [3.8, 4) is 0 Å². The lowest BCUT2D eigenvalue weighted by Gasteiger charge is -2.21. The highest BCUT2D eigenvalue weighted by Crippen LogP contribution is 2.21. The number of halogens is 1. The van der Waals surface area contributed by atoms with E-state index in [0.717, 1.165) is 12.1 Å². The van der Waals surface area contributed by atoms with Gasteiger partial charge >= 0.3 is 5.69 Å². The molecule has 0 unspecified atom stereocenters. The average molecular weight is 256 g/mol. The largest absolute Gasteiger partial charge is 0.369 e. The molecule has 0 aromatic heterocycles. The predicted octanol–water partition coefficient (Wildman–Crippen LogP) is 2.10. The Morgan fingerprint density at radius 1 is 1.50 bits per heavy atom. The van der Waals surface area contributed by atoms with Crippen molar-refractivity contribution in [3.63, 3.8) is 0 Å². The van der Waals surface area contributed by atoms with Crippen molar-refractivity contribution in [2.45, 2.75) is 19.4 Å². The summed E-state index contributed by atoms with van der Waals surface area (Å²) < 4.78 is 18.3. The van der Waals surface area contributed by atoms with Gasteiger partial charge in [0.15, 0.2) is 0 Å². The number of rotatable bonds is 4. The zero-order chi connectivity index (χ0) is 13.9. The Hall–Kier alpha value is -2.02. The zero-order valence-corrected chi connectivity index (χ0v) is 10.2. The lowest BCUT2D eigenvalue weighted by Crippen LogP contribution is -2.38. The van der Waals surface area contributed by atoms with Crippen molar-refractivity contribution in [1.82, 2.24) is 0 Å². The van der Waals surface area contributed by atoms with Crippen molar-refractivity contribution in [3.05, 3.63) is 34.1 Å². The molecule has 1 aromatic rings. The molecule has 0 atom stereocenters. The van der Waals surface area contributed by atoms with Gasteiger partial charge in [-0.15, -0.1) is 0 Å². The molecule has 6 nitrogen and oxygen atoms in total. The van der Waals surface area contributed by atoms with Crippen LogP contribution in [-0.2, 0) is 9.53 Å². The van der Waals surface area contributed by atoms with Crippen LogP contribution < -0.4 is 5.32 Å². The zero-order valence-electron chi connectivity index (χ0n) is 10.2. The van der Waals surface area contributed by atoms with Gasteiger partial charge in [0.2, 0.25) is 5.82 Å². The third-order valence-electron chi connectivity index (χ3n) is 2.46. The highest BCUT2D eigenvalue weighted by molar-refractivity contribution is 5.96. The number of nitro groups is 1. The summed E-state index contributed by atoms with van der Waals surface area (Å²) in [4.78, 5) is 21.3. The van der Waals surface area contributed by atoms with E-state index in [0.29, 0.717) is 0 Å². The van der Waals surface area contributed by atoms with Gasteiger partial charge in [-0.05, 0) is 19.9 Å². The maximum absolute atomic E-state index is 13.3. The van der Waals surface area contributed by atoms with Crippen molar-refractivity contribution >= 4 is 17.3 Å². The first kappa shape index (κ1) is 14.0. The fourth-order valence-electron chi connectivity index (χ4n) is 1.11. The molecule has 98 valence electrons. The molecule has 0 bridgehead atoms. The van der Waals surface area contributed by atoms with E-state index in [4.69, 9.17) is 4.74 Å². The smallest absolute Gasteiger partial charge is 0.304 e. The van der Waals surface area contributed by atoms with Gasteiger partial charge in [0.05, 0.1) is 4.92 Å². The quantitative estimate of drug-likeness (QED) is 0.660. The van der Waals surface area contributed by atoms with Crippen LogP contribution in [0.2, 0.25) is 0 Å². The van der Waals surface area contributed by atoms with Crippen LogP contribution in [0, 0.1) is 15.9 Å². The number of hydrogen-bond acceptors (Lipinski definition) is 4. The number of methoxy groups -OCH3 is 1. The minimum atomic E-state index is -1.07. The highest BCUT2D eigenvalue weighted by Gasteiger charge is 2.27. The molecule has 1 amide bonds. The monoisotopic (exact) mass is 256 g/mol. The number of benzene rings is 1. The summed E-state index contributed by atoms with van der Waals surface area (Å²) in [5.41, 5.74) is -1.58. The van der Waals surface area contributed by atoms with Gasteiger partial charge in [-0.2, -0.15) is 4.39 Å². The Kier molecular flexibility index (Phi) is 3.97. The van der Waals surface area contributed by atoms with Gasteiger partial charge in [0, 0.05) is 24.9 Å². The Morgan fingerprint density at radius 3 is 2.56 bits per heavy atom. The topological polar surface area (TPSA) is 81.5 Å². The second-order valence-electron chi connectivity index (χ2n) is 4.09. The minimum Gasteiger partial charge on any atom is -0.369 e. The minimum absolute atomic E-state index is 0.133. The lowest BCUT2D eigenvalue weighted by atomic mass is 10.1. The molecular formula is C11H13FN2O4. The van der Waals surface area contributed by atoms with Crippen LogP contribution in [0.25, 0.3) is 0 Å². The number of amides is 1. The van der Waals surface area contributed by atoms with Crippen LogP contribution in [0.3, 0.4) is 0 Å². The lowest BCUT2D eigenvalue weighted by molar-refractivity contribution is -0.387. The molecule has 0 aliphatic carbocycles. The molecule has 0 saturated heterocycles. The Bertz CT molecular complexity index is 488. The summed E-state index contributed by atoms with van der Waals surface area (Å²) in [5, 5.41) is 12.8. The maximum atomic E-state index is 13.3. The van der Waals surface area contributed by atoms with E-state index < -0.39 is 27.9 Å². The fraction of sp³-hybridized carbons (Fsp3) is 0.364. The summed E-state index contributed by atoms with van der Waals surface area (Å²) in [6, 6.07) is 3.14. The third-order valence-corrected chi connectivity index (χ3v) is 2.46. The molecule has 7 heteroatoms. The molecule has 0 fully saturated rings. The average Bonchev–Trinajstić information content (AvgIpc) is 2.28. The molecule has 0 heterocycles. The van der Waals surface area contributed by atoms with E-state index in [1.807, 2.05) is 0 Å². The van der Waals surface area contributed by atoms with Gasteiger partial charge in [0.1, 0.15) is 5.60 Å². The van der Waals surface area contributed by atoms with E-state index >= 15 is 0 Å². The molecule has 0 aliphatic rings. The van der Waals surface area contributed by atoms with Gasteiger partial charge in [0.25, 0.3) is 5.91 Å². The molecule has 0 radical (unpaired) electrons. The number of nitrogens with one attached hydrogen (secondary N) is 1. The van der Waals surface area contributed by atoms with Crippen LogP contribution in [0.1, 0.15) is 13.8 Å². The summed E-state index contributed by atoms with van der Waals surface area (Å²) in [6.07, 6.45) is 0. The van der Waals surface area contributed by atoms with E-state index in [1.54, 1.807) is 13.8 Å². The van der Waals surface area contributed by atoms with Crippen LogP contribution in [-0.4, -0.2) is 23.5 Å². The number of hydrogen-bond donors (Lipinski definition) is 1. The molecular weight excluding hydrogens is 243 g/mol. The van der Waals surface area contributed by atoms with Crippen molar-refractivity contribution in [2.24, 2.45) is 0 Å². The summed E-state index contributed by atoms with van der Waals surface area (Å²) in [7, 11) is 1.37. The van der Waals surface area contributed by atoms with Crippen LogP contribution in [0.5, 0.6) is 0 Å². The first-order chi connectivity index (χ1) is 8.27. The maximum Gasteiger partial charge on any atom is 0.304 e. The molecule has 1 aromatic carbocycles. The first-order valence-electron chi connectivity index (χ1n) is 5.08. The molecule has 0 aliphatic heterocycles. The van der Waals surface area contributed by atoms with Crippen LogP contribution in [0.4, 0.5) is 15.8 Å². The fourth-order valence-corrected chi connectivity index (χ4v) is 1.11. The summed E-state index contributed by atoms with van der Waals surface area (Å²) in [5.74, 6) is -1.48. The van der Waals surface area contributed by atoms with E-state index in [9.17, 15) is 19.3 Å². The normalized spacial score (nSPS) is 11.1. The molecule has 1 N–H and O–H groups in total. The first-order valence-corrected chi connectivity index (χ1v) is 5.08. The van der Waals surface area contributed by atoms with Crippen LogP contribution in [0.15, 0.2) is 18.2 Å². The number of carbonyl (C=O) groups excluding carboxylic acids is 1. The van der Waals surface area contributed by atoms with Gasteiger partial charge in [-0.25, -0.2) is 0 Å². The molecule has 18 heavy (non-hydrogen) atoms. The standard InChI is InChI=1S/C11H13FN2O4/c1-11(2,18-3)10(15)13-7-4-5-9(14(16)17)8(12)6-7/h4-6H,1-3H3,(H,13,15). The molecule has 1 rings (SSSR count). The van der Waals surface area contributed by atoms with Gasteiger partial charge in [-0.3, -0.25) is 14.9 Å². The SMILES string of the molecule is COC(C)(C)C(=O)Nc1ccc([N+](=O)[O-])c(F)c1. The van der Waals surface area contributed by atoms with Gasteiger partial charge < -0.3 is 10.1 Å². The van der Waals surface area contributed by atoms with Crippen LogP contribution >= 0.6 is 0 Å².